The van der Waals surface area contributed by atoms with Gasteiger partial charge in [-0.15, -0.1) is 0 Å². The molecule has 0 N–H and O–H groups in total. The Kier molecular flexibility index (Phi) is 5.61. The van der Waals surface area contributed by atoms with E-state index in [9.17, 15) is 19.2 Å². The fourth-order valence-electron chi connectivity index (χ4n) is 3.77. The lowest BCUT2D eigenvalue weighted by Gasteiger charge is -2.26. The Morgan fingerprint density at radius 1 is 0.867 bits per heavy atom. The van der Waals surface area contributed by atoms with Crippen LogP contribution in [0.4, 0.5) is 0 Å². The summed E-state index contributed by atoms with van der Waals surface area (Å²) in [5.41, 5.74) is 1.41. The zero-order valence-corrected chi connectivity index (χ0v) is 16.5. The summed E-state index contributed by atoms with van der Waals surface area (Å²) in [6, 6.07) is 13.5. The molecule has 0 bridgehead atoms. The van der Waals surface area contributed by atoms with Crippen LogP contribution in [0.1, 0.15) is 55.9 Å². The van der Waals surface area contributed by atoms with E-state index in [2.05, 4.69) is 0 Å². The van der Waals surface area contributed by atoms with Gasteiger partial charge < -0.3 is 9.64 Å². The molecule has 2 aromatic rings. The number of fused-ring (bicyclic) bond motifs is 1. The molecule has 1 fully saturated rings. The molecule has 3 amide bonds. The van der Waals surface area contributed by atoms with Crippen LogP contribution in [0.3, 0.4) is 0 Å². The van der Waals surface area contributed by atoms with E-state index >= 15 is 0 Å². The standard InChI is InChI=1S/C23H22N2O5/c26-20(24-11-5-2-6-12-24)15-30-23(29)17-9-10-18-19(13-17)22(28)25(21(18)27)14-16-7-3-1-4-8-16/h1,3-4,7-10,13H,2,5-6,11-12,14-15H2. The number of hydrogen-bond acceptors (Lipinski definition) is 5. The van der Waals surface area contributed by atoms with Gasteiger partial charge in [-0.1, -0.05) is 30.3 Å². The van der Waals surface area contributed by atoms with Crippen molar-refractivity contribution in [2.45, 2.75) is 25.8 Å². The average molecular weight is 406 g/mol. The Hall–Kier alpha value is -3.48. The third-order valence-corrected chi connectivity index (χ3v) is 5.43. The molecule has 0 aromatic heterocycles. The first-order chi connectivity index (χ1) is 14.5. The molecule has 0 saturated carbocycles. The van der Waals surface area contributed by atoms with Crippen molar-refractivity contribution in [3.8, 4) is 0 Å². The molecule has 7 nitrogen and oxygen atoms in total. The molecule has 30 heavy (non-hydrogen) atoms. The Morgan fingerprint density at radius 2 is 1.57 bits per heavy atom. The van der Waals surface area contributed by atoms with E-state index in [1.165, 1.54) is 18.2 Å². The van der Waals surface area contributed by atoms with Crippen molar-refractivity contribution in [2.75, 3.05) is 19.7 Å². The number of carbonyl (C=O) groups excluding carboxylic acids is 4. The molecular formula is C23H22N2O5. The van der Waals surface area contributed by atoms with E-state index in [4.69, 9.17) is 4.74 Å². The van der Waals surface area contributed by atoms with Crippen LogP contribution in [-0.2, 0) is 16.1 Å². The molecule has 154 valence electrons. The quantitative estimate of drug-likeness (QED) is 0.563. The molecule has 0 spiro atoms. The SMILES string of the molecule is O=C(OCC(=O)N1CCCCC1)c1ccc2c(c1)C(=O)N(Cc1ccccc1)C2=O. The highest BCUT2D eigenvalue weighted by molar-refractivity contribution is 6.21. The van der Waals surface area contributed by atoms with Crippen molar-refractivity contribution in [1.29, 1.82) is 0 Å². The normalized spacial score (nSPS) is 15.9. The fourth-order valence-corrected chi connectivity index (χ4v) is 3.77. The lowest BCUT2D eigenvalue weighted by molar-refractivity contribution is -0.135. The minimum atomic E-state index is -0.690. The molecule has 0 radical (unpaired) electrons. The number of esters is 1. The highest BCUT2D eigenvalue weighted by Gasteiger charge is 2.36. The summed E-state index contributed by atoms with van der Waals surface area (Å²) in [4.78, 5) is 52.8. The summed E-state index contributed by atoms with van der Waals surface area (Å²) in [6.45, 7) is 1.20. The highest BCUT2D eigenvalue weighted by Crippen LogP contribution is 2.26. The van der Waals surface area contributed by atoms with E-state index in [-0.39, 0.29) is 41.7 Å². The molecule has 0 aliphatic carbocycles. The maximum atomic E-state index is 12.8. The second-order valence-electron chi connectivity index (χ2n) is 7.46. The highest BCUT2D eigenvalue weighted by atomic mass is 16.5. The number of hydrogen-bond donors (Lipinski definition) is 0. The van der Waals surface area contributed by atoms with Gasteiger partial charge in [-0.2, -0.15) is 0 Å². The summed E-state index contributed by atoms with van der Waals surface area (Å²) in [5, 5.41) is 0. The molecule has 2 aliphatic heterocycles. The zero-order valence-electron chi connectivity index (χ0n) is 16.5. The van der Waals surface area contributed by atoms with Crippen LogP contribution in [0.15, 0.2) is 48.5 Å². The number of nitrogens with zero attached hydrogens (tertiary/aromatic N) is 2. The van der Waals surface area contributed by atoms with Crippen LogP contribution in [0.5, 0.6) is 0 Å². The Labute approximate surface area is 174 Å². The molecule has 4 rings (SSSR count). The second-order valence-corrected chi connectivity index (χ2v) is 7.46. The summed E-state index contributed by atoms with van der Waals surface area (Å²) in [5.74, 6) is -1.74. The smallest absolute Gasteiger partial charge is 0.338 e. The molecule has 1 saturated heterocycles. The van der Waals surface area contributed by atoms with Crippen molar-refractivity contribution in [3.63, 3.8) is 0 Å². The van der Waals surface area contributed by atoms with Crippen molar-refractivity contribution in [3.05, 3.63) is 70.8 Å². The van der Waals surface area contributed by atoms with E-state index in [1.807, 2.05) is 30.3 Å². The number of carbonyl (C=O) groups is 4. The number of imide groups is 1. The predicted octanol–water partition coefficient (Wildman–Crippen LogP) is 2.65. The molecule has 0 unspecified atom stereocenters. The number of amides is 3. The molecule has 2 heterocycles. The lowest BCUT2D eigenvalue weighted by Crippen LogP contribution is -2.38. The monoisotopic (exact) mass is 406 g/mol. The van der Waals surface area contributed by atoms with Gasteiger partial charge in [0.2, 0.25) is 0 Å². The van der Waals surface area contributed by atoms with Crippen molar-refractivity contribution < 1.29 is 23.9 Å². The third-order valence-electron chi connectivity index (χ3n) is 5.43. The van der Waals surface area contributed by atoms with Crippen LogP contribution in [0.2, 0.25) is 0 Å². The summed E-state index contributed by atoms with van der Waals surface area (Å²) in [7, 11) is 0. The number of benzene rings is 2. The zero-order chi connectivity index (χ0) is 21.1. The number of piperidine rings is 1. The minimum Gasteiger partial charge on any atom is -0.452 e. The number of rotatable bonds is 5. The number of ether oxygens (including phenoxy) is 1. The molecule has 2 aliphatic rings. The largest absolute Gasteiger partial charge is 0.452 e. The van der Waals surface area contributed by atoms with E-state index in [0.717, 1.165) is 29.7 Å². The van der Waals surface area contributed by atoms with Gasteiger partial charge in [-0.3, -0.25) is 19.3 Å². The van der Waals surface area contributed by atoms with Crippen LogP contribution < -0.4 is 0 Å². The molecule has 7 heteroatoms. The van der Waals surface area contributed by atoms with Gasteiger partial charge in [0.15, 0.2) is 6.61 Å². The fraction of sp³-hybridized carbons (Fsp3) is 0.304. The van der Waals surface area contributed by atoms with Crippen LogP contribution in [-0.4, -0.2) is 53.2 Å². The van der Waals surface area contributed by atoms with Crippen LogP contribution in [0, 0.1) is 0 Å². The Bertz CT molecular complexity index is 996. The molecule has 0 atom stereocenters. The maximum absolute atomic E-state index is 12.8. The topological polar surface area (TPSA) is 84.0 Å². The maximum Gasteiger partial charge on any atom is 0.338 e. The lowest BCUT2D eigenvalue weighted by atomic mass is 10.1. The van der Waals surface area contributed by atoms with E-state index in [1.54, 1.807) is 4.90 Å². The van der Waals surface area contributed by atoms with Gasteiger partial charge >= 0.3 is 5.97 Å². The van der Waals surface area contributed by atoms with Crippen molar-refractivity contribution in [2.24, 2.45) is 0 Å². The van der Waals surface area contributed by atoms with Crippen molar-refractivity contribution >= 4 is 23.7 Å². The van der Waals surface area contributed by atoms with Gasteiger partial charge in [0.25, 0.3) is 17.7 Å². The summed E-state index contributed by atoms with van der Waals surface area (Å²) in [6.07, 6.45) is 3.02. The van der Waals surface area contributed by atoms with Gasteiger partial charge in [-0.25, -0.2) is 4.79 Å². The van der Waals surface area contributed by atoms with Gasteiger partial charge in [0, 0.05) is 13.1 Å². The first kappa shape index (κ1) is 19.8. The van der Waals surface area contributed by atoms with Crippen LogP contribution >= 0.6 is 0 Å². The Balaban J connectivity index is 1.43. The Morgan fingerprint density at radius 3 is 2.30 bits per heavy atom. The van der Waals surface area contributed by atoms with Gasteiger partial charge in [0.05, 0.1) is 23.2 Å². The van der Waals surface area contributed by atoms with E-state index in [0.29, 0.717) is 13.1 Å². The predicted molar refractivity (Wildman–Crippen MR) is 108 cm³/mol. The average Bonchev–Trinajstić information content (AvgIpc) is 3.03. The first-order valence-electron chi connectivity index (χ1n) is 10.0. The second kappa shape index (κ2) is 8.49. The number of likely N-dealkylation sites (tertiary alicyclic amines) is 1. The molecule has 2 aromatic carbocycles. The summed E-state index contributed by atoms with van der Waals surface area (Å²) < 4.78 is 5.15. The van der Waals surface area contributed by atoms with Gasteiger partial charge in [-0.05, 0) is 43.0 Å². The third kappa shape index (κ3) is 3.96. The summed E-state index contributed by atoms with van der Waals surface area (Å²) >= 11 is 0. The van der Waals surface area contributed by atoms with Gasteiger partial charge in [0.1, 0.15) is 0 Å². The minimum absolute atomic E-state index is 0.142. The molecular weight excluding hydrogens is 384 g/mol. The van der Waals surface area contributed by atoms with Crippen LogP contribution in [0.25, 0.3) is 0 Å². The van der Waals surface area contributed by atoms with E-state index < -0.39 is 11.9 Å². The first-order valence-corrected chi connectivity index (χ1v) is 10.0. The van der Waals surface area contributed by atoms with Crippen molar-refractivity contribution in [1.82, 2.24) is 9.80 Å².